The Labute approximate surface area is 201 Å². The van der Waals surface area contributed by atoms with Gasteiger partial charge in [0.05, 0.1) is 0 Å². The molecule has 0 aliphatic carbocycles. The van der Waals surface area contributed by atoms with Gasteiger partial charge in [0.1, 0.15) is 5.82 Å². The number of nitrogens with zero attached hydrogens (tertiary/aromatic N) is 5. The highest BCUT2D eigenvalue weighted by molar-refractivity contribution is 6.04. The van der Waals surface area contributed by atoms with E-state index in [0.29, 0.717) is 5.56 Å². The van der Waals surface area contributed by atoms with E-state index in [1.165, 1.54) is 11.4 Å². The minimum Gasteiger partial charge on any atom is -0.369 e. The largest absolute Gasteiger partial charge is 0.369 e. The highest BCUT2D eigenvalue weighted by Gasteiger charge is 2.18. The molecule has 2 aromatic carbocycles. The number of carbonyl (C=O) groups is 1. The molecular formula is C27H32N6O. The average Bonchev–Trinajstić information content (AvgIpc) is 2.90. The molecule has 1 amide bonds. The first kappa shape index (κ1) is 22.2. The Bertz CT molecular complexity index is 1070. The lowest BCUT2D eigenvalue weighted by atomic mass is 10.1. The van der Waals surface area contributed by atoms with E-state index < -0.39 is 0 Å². The fraction of sp³-hybridized carbons (Fsp3) is 0.333. The van der Waals surface area contributed by atoms with Crippen LogP contribution in [0.4, 0.5) is 22.9 Å². The van der Waals surface area contributed by atoms with Gasteiger partial charge in [-0.3, -0.25) is 4.79 Å². The number of anilines is 4. The number of likely N-dealkylation sites (N-methyl/N-ethyl adjacent to an activating group) is 1. The van der Waals surface area contributed by atoms with Crippen molar-refractivity contribution >= 4 is 28.8 Å². The first-order valence-corrected chi connectivity index (χ1v) is 12.0. The van der Waals surface area contributed by atoms with Crippen LogP contribution in [0.1, 0.15) is 10.4 Å². The van der Waals surface area contributed by atoms with E-state index >= 15 is 0 Å². The second-order valence-corrected chi connectivity index (χ2v) is 9.00. The molecule has 34 heavy (non-hydrogen) atoms. The Morgan fingerprint density at radius 2 is 1.26 bits per heavy atom. The zero-order valence-electron chi connectivity index (χ0n) is 19.7. The van der Waals surface area contributed by atoms with Gasteiger partial charge in [-0.15, -0.1) is 0 Å². The number of rotatable bonds is 5. The van der Waals surface area contributed by atoms with Gasteiger partial charge in [0, 0.05) is 81.2 Å². The molecular weight excluding hydrogens is 424 g/mol. The predicted octanol–water partition coefficient (Wildman–Crippen LogP) is 3.41. The smallest absolute Gasteiger partial charge is 0.255 e. The van der Waals surface area contributed by atoms with Crippen molar-refractivity contribution in [3.8, 4) is 0 Å². The predicted molar refractivity (Wildman–Crippen MR) is 139 cm³/mol. The van der Waals surface area contributed by atoms with E-state index in [4.69, 9.17) is 0 Å². The standard InChI is InChI=1S/C27H32N6O/c1-30-14-16-31(17-15-30)24-9-5-22(6-10-24)27(34)29-23-7-11-25(12-8-23)32-18-20-33(21-19-32)26-4-2-3-13-28-26/h2-13H,14-21H2,1H3,(H,29,34). The topological polar surface area (TPSA) is 55.0 Å². The van der Waals surface area contributed by atoms with E-state index in [-0.39, 0.29) is 5.91 Å². The van der Waals surface area contributed by atoms with E-state index in [1.807, 2.05) is 54.7 Å². The Morgan fingerprint density at radius 3 is 1.85 bits per heavy atom. The minimum absolute atomic E-state index is 0.0818. The molecule has 0 radical (unpaired) electrons. The van der Waals surface area contributed by atoms with Crippen molar-refractivity contribution in [3.63, 3.8) is 0 Å². The van der Waals surface area contributed by atoms with E-state index in [2.05, 4.69) is 55.1 Å². The number of piperazine rings is 2. The number of benzene rings is 2. The molecule has 2 fully saturated rings. The Balaban J connectivity index is 1.14. The summed E-state index contributed by atoms with van der Waals surface area (Å²) in [6.45, 7) is 7.96. The van der Waals surface area contributed by atoms with Crippen molar-refractivity contribution in [2.24, 2.45) is 0 Å². The number of carbonyl (C=O) groups excluding carboxylic acids is 1. The second kappa shape index (κ2) is 10.1. The molecule has 1 aromatic heterocycles. The molecule has 0 spiro atoms. The number of amides is 1. The molecule has 0 unspecified atom stereocenters. The van der Waals surface area contributed by atoms with Crippen molar-refractivity contribution in [1.29, 1.82) is 0 Å². The van der Waals surface area contributed by atoms with Gasteiger partial charge in [0.15, 0.2) is 0 Å². The van der Waals surface area contributed by atoms with Gasteiger partial charge in [-0.25, -0.2) is 4.98 Å². The van der Waals surface area contributed by atoms with Crippen LogP contribution >= 0.6 is 0 Å². The van der Waals surface area contributed by atoms with Gasteiger partial charge < -0.3 is 24.9 Å². The highest BCUT2D eigenvalue weighted by atomic mass is 16.1. The number of hydrogen-bond donors (Lipinski definition) is 1. The molecule has 7 nitrogen and oxygen atoms in total. The third-order valence-electron chi connectivity index (χ3n) is 6.74. The van der Waals surface area contributed by atoms with Crippen LogP contribution in [-0.4, -0.2) is 75.2 Å². The summed E-state index contributed by atoms with van der Waals surface area (Å²) >= 11 is 0. The van der Waals surface area contributed by atoms with Crippen molar-refractivity contribution in [2.45, 2.75) is 0 Å². The molecule has 0 bridgehead atoms. The average molecular weight is 457 g/mol. The quantitative estimate of drug-likeness (QED) is 0.635. The fourth-order valence-electron chi connectivity index (χ4n) is 4.58. The lowest BCUT2D eigenvalue weighted by Crippen LogP contribution is -2.46. The number of nitrogens with one attached hydrogen (secondary N) is 1. The zero-order chi connectivity index (χ0) is 23.3. The van der Waals surface area contributed by atoms with Gasteiger partial charge in [-0.05, 0) is 67.7 Å². The summed E-state index contributed by atoms with van der Waals surface area (Å²) in [7, 11) is 2.15. The fourth-order valence-corrected chi connectivity index (χ4v) is 4.58. The molecule has 2 aliphatic rings. The molecule has 5 rings (SSSR count). The summed E-state index contributed by atoms with van der Waals surface area (Å²) < 4.78 is 0. The van der Waals surface area contributed by atoms with Gasteiger partial charge >= 0.3 is 0 Å². The Morgan fingerprint density at radius 1 is 0.706 bits per heavy atom. The number of aromatic nitrogens is 1. The molecule has 2 saturated heterocycles. The SMILES string of the molecule is CN1CCN(c2ccc(C(=O)Nc3ccc(N4CCN(c5ccccn5)CC4)cc3)cc2)CC1. The molecule has 0 atom stereocenters. The summed E-state index contributed by atoms with van der Waals surface area (Å²) in [6, 6.07) is 22.1. The lowest BCUT2D eigenvalue weighted by molar-refractivity contribution is 0.102. The third kappa shape index (κ3) is 5.15. The molecule has 3 heterocycles. The zero-order valence-corrected chi connectivity index (χ0v) is 19.7. The molecule has 1 N–H and O–H groups in total. The molecule has 176 valence electrons. The van der Waals surface area contributed by atoms with Crippen LogP contribution in [0, 0.1) is 0 Å². The maximum Gasteiger partial charge on any atom is 0.255 e. The lowest BCUT2D eigenvalue weighted by Gasteiger charge is -2.36. The Kier molecular flexibility index (Phi) is 6.62. The normalized spacial score (nSPS) is 17.0. The van der Waals surface area contributed by atoms with Crippen LogP contribution in [-0.2, 0) is 0 Å². The minimum atomic E-state index is -0.0818. The second-order valence-electron chi connectivity index (χ2n) is 9.00. The summed E-state index contributed by atoms with van der Waals surface area (Å²) in [5, 5.41) is 3.03. The van der Waals surface area contributed by atoms with Crippen LogP contribution in [0.5, 0.6) is 0 Å². The van der Waals surface area contributed by atoms with Crippen molar-refractivity contribution in [1.82, 2.24) is 9.88 Å². The summed E-state index contributed by atoms with van der Waals surface area (Å²) in [6.07, 6.45) is 1.84. The van der Waals surface area contributed by atoms with E-state index in [1.54, 1.807) is 0 Å². The van der Waals surface area contributed by atoms with Crippen LogP contribution < -0.4 is 20.0 Å². The van der Waals surface area contributed by atoms with E-state index in [9.17, 15) is 4.79 Å². The van der Waals surface area contributed by atoms with Crippen molar-refractivity contribution in [3.05, 3.63) is 78.5 Å². The maximum atomic E-state index is 12.7. The highest BCUT2D eigenvalue weighted by Crippen LogP contribution is 2.22. The summed E-state index contributed by atoms with van der Waals surface area (Å²) in [5.74, 6) is 0.957. The first-order valence-electron chi connectivity index (χ1n) is 12.0. The Hall–Kier alpha value is -3.58. The monoisotopic (exact) mass is 456 g/mol. The first-order chi connectivity index (χ1) is 16.7. The van der Waals surface area contributed by atoms with Crippen LogP contribution in [0.2, 0.25) is 0 Å². The van der Waals surface area contributed by atoms with Crippen LogP contribution in [0.3, 0.4) is 0 Å². The number of hydrogen-bond acceptors (Lipinski definition) is 6. The summed E-state index contributed by atoms with van der Waals surface area (Å²) in [5.41, 5.74) is 3.84. The van der Waals surface area contributed by atoms with Crippen molar-refractivity contribution < 1.29 is 4.79 Å². The van der Waals surface area contributed by atoms with E-state index in [0.717, 1.165) is 63.9 Å². The molecule has 0 saturated carbocycles. The third-order valence-corrected chi connectivity index (χ3v) is 6.74. The van der Waals surface area contributed by atoms with Crippen LogP contribution in [0.25, 0.3) is 0 Å². The number of pyridine rings is 1. The van der Waals surface area contributed by atoms with Crippen LogP contribution in [0.15, 0.2) is 72.9 Å². The molecule has 7 heteroatoms. The van der Waals surface area contributed by atoms with Gasteiger partial charge in [0.2, 0.25) is 0 Å². The maximum absolute atomic E-state index is 12.7. The molecule has 2 aliphatic heterocycles. The van der Waals surface area contributed by atoms with Gasteiger partial charge in [0.25, 0.3) is 5.91 Å². The van der Waals surface area contributed by atoms with Gasteiger partial charge in [-0.1, -0.05) is 6.07 Å². The van der Waals surface area contributed by atoms with Crippen molar-refractivity contribution in [2.75, 3.05) is 79.4 Å². The summed E-state index contributed by atoms with van der Waals surface area (Å²) in [4.78, 5) is 26.6. The van der Waals surface area contributed by atoms with Gasteiger partial charge in [-0.2, -0.15) is 0 Å². The molecule has 3 aromatic rings.